The molecule has 0 radical (unpaired) electrons. The van der Waals surface area contributed by atoms with Gasteiger partial charge in [-0.1, -0.05) is 56.3 Å². The van der Waals surface area contributed by atoms with Crippen LogP contribution in [0.4, 0.5) is 0 Å². The van der Waals surface area contributed by atoms with Gasteiger partial charge in [-0.05, 0) is 38.1 Å². The second-order valence-electron chi connectivity index (χ2n) is 5.63. The molecule has 0 saturated heterocycles. The van der Waals surface area contributed by atoms with Crippen LogP contribution in [-0.2, 0) is 0 Å². The predicted molar refractivity (Wildman–Crippen MR) is 89.2 cm³/mol. The van der Waals surface area contributed by atoms with Crippen molar-refractivity contribution in [3.8, 4) is 0 Å². The Balaban J connectivity index is 2.55. The molecule has 0 aromatic heterocycles. The van der Waals surface area contributed by atoms with Crippen LogP contribution in [0.3, 0.4) is 0 Å². The van der Waals surface area contributed by atoms with Gasteiger partial charge in [-0.2, -0.15) is 0 Å². The van der Waals surface area contributed by atoms with Crippen LogP contribution in [0.25, 0.3) is 0 Å². The van der Waals surface area contributed by atoms with Crippen molar-refractivity contribution in [2.24, 2.45) is 5.73 Å². The average molecular weight is 297 g/mol. The number of halogens is 1. The van der Waals surface area contributed by atoms with Crippen LogP contribution in [0.2, 0.25) is 5.02 Å². The lowest BCUT2D eigenvalue weighted by atomic mass is 10.0. The van der Waals surface area contributed by atoms with Crippen LogP contribution in [0, 0.1) is 0 Å². The van der Waals surface area contributed by atoms with Crippen molar-refractivity contribution in [1.82, 2.24) is 4.90 Å². The predicted octanol–water partition coefficient (Wildman–Crippen LogP) is 4.63. The molecule has 20 heavy (non-hydrogen) atoms. The first-order valence-corrected chi connectivity index (χ1v) is 8.15. The fourth-order valence-electron chi connectivity index (χ4n) is 2.59. The van der Waals surface area contributed by atoms with Crippen molar-refractivity contribution < 1.29 is 0 Å². The molecule has 2 nitrogen and oxygen atoms in total. The zero-order valence-corrected chi connectivity index (χ0v) is 13.9. The molecule has 3 heteroatoms. The van der Waals surface area contributed by atoms with Gasteiger partial charge in [0.05, 0.1) is 0 Å². The maximum Gasteiger partial charge on any atom is 0.0406 e. The number of hydrogen-bond donors (Lipinski definition) is 1. The zero-order chi connectivity index (χ0) is 15.0. The molecular weight excluding hydrogens is 268 g/mol. The Bertz CT molecular complexity index is 364. The summed E-state index contributed by atoms with van der Waals surface area (Å²) in [5.74, 6) is 0. The highest BCUT2D eigenvalue weighted by Gasteiger charge is 2.19. The van der Waals surface area contributed by atoms with Gasteiger partial charge in [0.15, 0.2) is 0 Å². The molecule has 1 aromatic carbocycles. The van der Waals surface area contributed by atoms with E-state index >= 15 is 0 Å². The maximum absolute atomic E-state index is 5.97. The second kappa shape index (κ2) is 9.38. The molecule has 0 spiro atoms. The molecule has 0 aliphatic carbocycles. The minimum Gasteiger partial charge on any atom is -0.329 e. The van der Waals surface area contributed by atoms with E-state index in [2.05, 4.69) is 37.9 Å². The van der Waals surface area contributed by atoms with E-state index in [9.17, 15) is 0 Å². The summed E-state index contributed by atoms with van der Waals surface area (Å²) in [5, 5.41) is 0.790. The molecule has 0 aliphatic rings. The summed E-state index contributed by atoms with van der Waals surface area (Å²) in [6.45, 7) is 5.20. The smallest absolute Gasteiger partial charge is 0.0406 e. The minimum absolute atomic E-state index is 0.368. The minimum atomic E-state index is 0.368. The van der Waals surface area contributed by atoms with E-state index in [4.69, 9.17) is 17.3 Å². The normalized spacial score (nSPS) is 14.5. The van der Waals surface area contributed by atoms with E-state index in [-0.39, 0.29) is 0 Å². The van der Waals surface area contributed by atoms with Gasteiger partial charge >= 0.3 is 0 Å². The van der Waals surface area contributed by atoms with Crippen LogP contribution in [0.15, 0.2) is 24.3 Å². The summed E-state index contributed by atoms with van der Waals surface area (Å²) in [4.78, 5) is 2.40. The molecule has 2 unspecified atom stereocenters. The molecule has 0 bridgehead atoms. The van der Waals surface area contributed by atoms with Crippen molar-refractivity contribution in [3.63, 3.8) is 0 Å². The maximum atomic E-state index is 5.97. The lowest BCUT2D eigenvalue weighted by Crippen LogP contribution is -2.39. The summed E-state index contributed by atoms with van der Waals surface area (Å²) in [5.41, 5.74) is 7.26. The highest BCUT2D eigenvalue weighted by molar-refractivity contribution is 6.30. The lowest BCUT2D eigenvalue weighted by molar-refractivity contribution is 0.177. The molecular formula is C17H29ClN2. The van der Waals surface area contributed by atoms with Gasteiger partial charge in [0.25, 0.3) is 0 Å². The number of nitrogens with zero attached hydrogens (tertiary/aromatic N) is 1. The Hall–Kier alpha value is -0.570. The molecule has 0 amide bonds. The summed E-state index contributed by atoms with van der Waals surface area (Å²) in [6.07, 6.45) is 6.38. The SMILES string of the molecule is CCCCCCC(CN)N(C)C(C)c1ccc(Cl)cc1. The van der Waals surface area contributed by atoms with Gasteiger partial charge in [-0.15, -0.1) is 0 Å². The van der Waals surface area contributed by atoms with Crippen LogP contribution in [0.1, 0.15) is 57.6 Å². The van der Waals surface area contributed by atoms with E-state index in [0.717, 1.165) is 11.6 Å². The number of unbranched alkanes of at least 4 members (excludes halogenated alkanes) is 3. The van der Waals surface area contributed by atoms with Crippen LogP contribution in [0.5, 0.6) is 0 Å². The first-order chi connectivity index (χ1) is 9.60. The monoisotopic (exact) mass is 296 g/mol. The van der Waals surface area contributed by atoms with Crippen molar-refractivity contribution >= 4 is 11.6 Å². The van der Waals surface area contributed by atoms with Crippen LogP contribution >= 0.6 is 11.6 Å². The highest BCUT2D eigenvalue weighted by atomic mass is 35.5. The summed E-state index contributed by atoms with van der Waals surface area (Å²) in [6, 6.07) is 8.95. The molecule has 0 saturated carbocycles. The third kappa shape index (κ3) is 5.43. The van der Waals surface area contributed by atoms with Crippen LogP contribution in [-0.4, -0.2) is 24.5 Å². The van der Waals surface area contributed by atoms with E-state index < -0.39 is 0 Å². The molecule has 114 valence electrons. The van der Waals surface area contributed by atoms with Crippen molar-refractivity contribution in [2.45, 2.75) is 58.0 Å². The topological polar surface area (TPSA) is 29.3 Å². The fraction of sp³-hybridized carbons (Fsp3) is 0.647. The number of hydrogen-bond acceptors (Lipinski definition) is 2. The van der Waals surface area contributed by atoms with Gasteiger partial charge in [-0.25, -0.2) is 0 Å². The molecule has 1 rings (SSSR count). The number of nitrogens with two attached hydrogens (primary N) is 1. The van der Waals surface area contributed by atoms with E-state index in [1.54, 1.807) is 0 Å². The van der Waals surface area contributed by atoms with Crippen molar-refractivity contribution in [2.75, 3.05) is 13.6 Å². The molecule has 1 aromatic rings. The Morgan fingerprint density at radius 2 is 1.80 bits per heavy atom. The quantitative estimate of drug-likeness (QED) is 0.673. The Morgan fingerprint density at radius 1 is 1.15 bits per heavy atom. The van der Waals surface area contributed by atoms with Gasteiger partial charge in [-0.3, -0.25) is 4.90 Å². The Kier molecular flexibility index (Phi) is 8.20. The highest BCUT2D eigenvalue weighted by Crippen LogP contribution is 2.24. The lowest BCUT2D eigenvalue weighted by Gasteiger charge is -2.33. The van der Waals surface area contributed by atoms with Gasteiger partial charge in [0.1, 0.15) is 0 Å². The number of rotatable bonds is 9. The first kappa shape index (κ1) is 17.5. The van der Waals surface area contributed by atoms with Gasteiger partial charge in [0, 0.05) is 23.7 Å². The fourth-order valence-corrected chi connectivity index (χ4v) is 2.71. The van der Waals surface area contributed by atoms with Crippen molar-refractivity contribution in [1.29, 1.82) is 0 Å². The molecule has 0 aliphatic heterocycles. The summed E-state index contributed by atoms with van der Waals surface area (Å²) < 4.78 is 0. The third-order valence-electron chi connectivity index (χ3n) is 4.20. The molecule has 0 heterocycles. The average Bonchev–Trinajstić information content (AvgIpc) is 2.47. The second-order valence-corrected chi connectivity index (χ2v) is 6.07. The number of benzene rings is 1. The molecule has 2 N–H and O–H groups in total. The van der Waals surface area contributed by atoms with E-state index in [1.807, 2.05) is 12.1 Å². The summed E-state index contributed by atoms with van der Waals surface area (Å²) >= 11 is 5.95. The zero-order valence-electron chi connectivity index (χ0n) is 13.1. The van der Waals surface area contributed by atoms with E-state index in [0.29, 0.717) is 12.1 Å². The standard InChI is InChI=1S/C17H29ClN2/c1-4-5-6-7-8-17(13-19)20(3)14(2)15-9-11-16(18)12-10-15/h9-12,14,17H,4-8,13,19H2,1-3H3. The largest absolute Gasteiger partial charge is 0.329 e. The third-order valence-corrected chi connectivity index (χ3v) is 4.45. The van der Waals surface area contributed by atoms with Crippen molar-refractivity contribution in [3.05, 3.63) is 34.9 Å². The molecule has 0 fully saturated rings. The molecule has 2 atom stereocenters. The van der Waals surface area contributed by atoms with Gasteiger partial charge < -0.3 is 5.73 Å². The Morgan fingerprint density at radius 3 is 2.35 bits per heavy atom. The first-order valence-electron chi connectivity index (χ1n) is 7.77. The Labute approximate surface area is 129 Å². The number of likely N-dealkylation sites (N-methyl/N-ethyl adjacent to an activating group) is 1. The van der Waals surface area contributed by atoms with Gasteiger partial charge in [0.2, 0.25) is 0 Å². The van der Waals surface area contributed by atoms with E-state index in [1.165, 1.54) is 37.7 Å². The van der Waals surface area contributed by atoms with Crippen LogP contribution < -0.4 is 5.73 Å². The summed E-state index contributed by atoms with van der Waals surface area (Å²) in [7, 11) is 2.18.